The van der Waals surface area contributed by atoms with E-state index in [0.29, 0.717) is 11.8 Å². The summed E-state index contributed by atoms with van der Waals surface area (Å²) in [6, 6.07) is 17.8. The van der Waals surface area contributed by atoms with Crippen LogP contribution in [0.1, 0.15) is 12.8 Å². The number of benzene rings is 2. The maximum absolute atomic E-state index is 12.1. The highest BCUT2D eigenvalue weighted by Gasteiger charge is 2.21. The van der Waals surface area contributed by atoms with E-state index < -0.39 is 0 Å². The SMILES string of the molecule is O=C(COc1ccccc1)Nc1ccc(N2CCC(NCCN3CCNC3=O)CC2)cc1. The monoisotopic (exact) mass is 437 g/mol. The molecule has 0 bridgehead atoms. The first-order chi connectivity index (χ1) is 15.7. The van der Waals surface area contributed by atoms with Gasteiger partial charge in [0, 0.05) is 56.7 Å². The number of anilines is 2. The van der Waals surface area contributed by atoms with Gasteiger partial charge in [0.05, 0.1) is 0 Å². The van der Waals surface area contributed by atoms with E-state index in [1.54, 1.807) is 0 Å². The van der Waals surface area contributed by atoms with Crippen molar-refractivity contribution in [3.63, 3.8) is 0 Å². The third-order valence-corrected chi connectivity index (χ3v) is 5.88. The molecule has 2 aromatic rings. The zero-order chi connectivity index (χ0) is 22.2. The fourth-order valence-corrected chi connectivity index (χ4v) is 4.09. The molecular weight excluding hydrogens is 406 g/mol. The lowest BCUT2D eigenvalue weighted by Gasteiger charge is -2.34. The lowest BCUT2D eigenvalue weighted by Crippen LogP contribution is -2.45. The number of piperidine rings is 1. The number of amides is 3. The molecule has 8 nitrogen and oxygen atoms in total. The molecule has 2 fully saturated rings. The second-order valence-electron chi connectivity index (χ2n) is 8.13. The molecule has 8 heteroatoms. The first kappa shape index (κ1) is 22.0. The summed E-state index contributed by atoms with van der Waals surface area (Å²) in [5, 5.41) is 9.29. The summed E-state index contributed by atoms with van der Waals surface area (Å²) < 4.78 is 5.48. The fraction of sp³-hybridized carbons (Fsp3) is 0.417. The molecule has 2 aliphatic rings. The molecule has 3 amide bonds. The number of hydrogen-bond acceptors (Lipinski definition) is 5. The largest absolute Gasteiger partial charge is 0.484 e. The van der Waals surface area contributed by atoms with Crippen LogP contribution in [-0.4, -0.2) is 68.8 Å². The second-order valence-corrected chi connectivity index (χ2v) is 8.13. The van der Waals surface area contributed by atoms with E-state index in [4.69, 9.17) is 4.74 Å². The summed E-state index contributed by atoms with van der Waals surface area (Å²) in [5.41, 5.74) is 1.92. The van der Waals surface area contributed by atoms with Crippen molar-refractivity contribution in [1.82, 2.24) is 15.5 Å². The van der Waals surface area contributed by atoms with Gasteiger partial charge < -0.3 is 30.5 Å². The number of carbonyl (C=O) groups is 2. The van der Waals surface area contributed by atoms with Gasteiger partial charge in [-0.25, -0.2) is 4.79 Å². The van der Waals surface area contributed by atoms with Crippen molar-refractivity contribution >= 4 is 23.3 Å². The van der Waals surface area contributed by atoms with Crippen LogP contribution < -0.4 is 25.6 Å². The highest BCUT2D eigenvalue weighted by molar-refractivity contribution is 5.92. The molecular formula is C24H31N5O3. The Labute approximate surface area is 188 Å². The number of carbonyl (C=O) groups excluding carboxylic acids is 2. The van der Waals surface area contributed by atoms with E-state index in [-0.39, 0.29) is 18.5 Å². The predicted octanol–water partition coefficient (Wildman–Crippen LogP) is 2.29. The summed E-state index contributed by atoms with van der Waals surface area (Å²) >= 11 is 0. The van der Waals surface area contributed by atoms with Crippen molar-refractivity contribution in [2.75, 3.05) is 56.1 Å². The molecule has 0 radical (unpaired) electrons. The summed E-state index contributed by atoms with van der Waals surface area (Å²) in [6.45, 7) is 5.10. The zero-order valence-electron chi connectivity index (χ0n) is 18.3. The summed E-state index contributed by atoms with van der Waals surface area (Å²) in [6.07, 6.45) is 2.14. The molecule has 0 unspecified atom stereocenters. The molecule has 2 aliphatic heterocycles. The number of hydrogen-bond donors (Lipinski definition) is 3. The Kier molecular flexibility index (Phi) is 7.45. The molecule has 0 spiro atoms. The van der Waals surface area contributed by atoms with E-state index in [1.165, 1.54) is 0 Å². The molecule has 32 heavy (non-hydrogen) atoms. The lowest BCUT2D eigenvalue weighted by molar-refractivity contribution is -0.118. The van der Waals surface area contributed by atoms with Crippen LogP contribution in [0.2, 0.25) is 0 Å². The highest BCUT2D eigenvalue weighted by atomic mass is 16.5. The van der Waals surface area contributed by atoms with Crippen LogP contribution in [0.4, 0.5) is 16.2 Å². The van der Waals surface area contributed by atoms with Crippen molar-refractivity contribution in [1.29, 1.82) is 0 Å². The van der Waals surface area contributed by atoms with Gasteiger partial charge in [-0.15, -0.1) is 0 Å². The Hall–Kier alpha value is -3.26. The number of nitrogens with one attached hydrogen (secondary N) is 3. The van der Waals surface area contributed by atoms with Gasteiger partial charge in [0.25, 0.3) is 5.91 Å². The van der Waals surface area contributed by atoms with Crippen molar-refractivity contribution in [2.24, 2.45) is 0 Å². The van der Waals surface area contributed by atoms with Crippen LogP contribution in [-0.2, 0) is 4.79 Å². The van der Waals surface area contributed by atoms with Gasteiger partial charge in [0.15, 0.2) is 6.61 Å². The molecule has 2 aromatic carbocycles. The average molecular weight is 438 g/mol. The summed E-state index contributed by atoms with van der Waals surface area (Å²) in [4.78, 5) is 27.9. The van der Waals surface area contributed by atoms with Gasteiger partial charge in [0.2, 0.25) is 0 Å². The van der Waals surface area contributed by atoms with E-state index in [2.05, 4.69) is 20.9 Å². The van der Waals surface area contributed by atoms with E-state index >= 15 is 0 Å². The molecule has 4 rings (SSSR count). The average Bonchev–Trinajstić information content (AvgIpc) is 3.24. The lowest BCUT2D eigenvalue weighted by atomic mass is 10.0. The van der Waals surface area contributed by atoms with E-state index in [0.717, 1.165) is 63.5 Å². The van der Waals surface area contributed by atoms with Gasteiger partial charge in [-0.05, 0) is 49.2 Å². The van der Waals surface area contributed by atoms with Crippen LogP contribution in [0.25, 0.3) is 0 Å². The predicted molar refractivity (Wildman–Crippen MR) is 125 cm³/mol. The van der Waals surface area contributed by atoms with E-state index in [9.17, 15) is 9.59 Å². The van der Waals surface area contributed by atoms with Crippen molar-refractivity contribution in [2.45, 2.75) is 18.9 Å². The third-order valence-electron chi connectivity index (χ3n) is 5.88. The van der Waals surface area contributed by atoms with Gasteiger partial charge in [-0.3, -0.25) is 4.79 Å². The number of nitrogens with zero attached hydrogens (tertiary/aromatic N) is 2. The molecule has 0 saturated carbocycles. The first-order valence-electron chi connectivity index (χ1n) is 11.3. The highest BCUT2D eigenvalue weighted by Crippen LogP contribution is 2.22. The maximum atomic E-state index is 12.1. The van der Waals surface area contributed by atoms with Crippen molar-refractivity contribution in [3.8, 4) is 5.75 Å². The minimum Gasteiger partial charge on any atom is -0.484 e. The van der Waals surface area contributed by atoms with Crippen LogP contribution >= 0.6 is 0 Å². The number of urea groups is 1. The standard InChI is InChI=1S/C24H31N5O3/c30-23(18-32-22-4-2-1-3-5-22)27-20-6-8-21(9-7-20)28-14-10-19(11-15-28)25-12-16-29-17-13-26-24(29)31/h1-9,19,25H,10-18H2,(H,26,31)(H,27,30). The fourth-order valence-electron chi connectivity index (χ4n) is 4.09. The molecule has 170 valence electrons. The smallest absolute Gasteiger partial charge is 0.317 e. The molecule has 0 aliphatic carbocycles. The Morgan fingerprint density at radius 1 is 1.03 bits per heavy atom. The Bertz CT molecular complexity index is 882. The quantitative estimate of drug-likeness (QED) is 0.561. The van der Waals surface area contributed by atoms with Crippen molar-refractivity contribution < 1.29 is 14.3 Å². The maximum Gasteiger partial charge on any atom is 0.317 e. The van der Waals surface area contributed by atoms with Crippen molar-refractivity contribution in [3.05, 3.63) is 54.6 Å². The molecule has 0 aromatic heterocycles. The minimum atomic E-state index is -0.181. The number of ether oxygens (including phenoxy) is 1. The Morgan fingerprint density at radius 2 is 1.78 bits per heavy atom. The molecule has 0 atom stereocenters. The normalized spacial score (nSPS) is 16.7. The van der Waals surface area contributed by atoms with E-state index in [1.807, 2.05) is 59.5 Å². The minimum absolute atomic E-state index is 0.0191. The summed E-state index contributed by atoms with van der Waals surface area (Å²) in [5.74, 6) is 0.498. The Morgan fingerprint density at radius 3 is 2.47 bits per heavy atom. The first-order valence-corrected chi connectivity index (χ1v) is 11.3. The Balaban J connectivity index is 1.16. The number of para-hydroxylation sites is 1. The molecule has 2 heterocycles. The molecule has 2 saturated heterocycles. The number of rotatable bonds is 9. The second kappa shape index (κ2) is 10.9. The van der Waals surface area contributed by atoms with Gasteiger partial charge in [-0.1, -0.05) is 18.2 Å². The van der Waals surface area contributed by atoms with Crippen LogP contribution in [0.3, 0.4) is 0 Å². The van der Waals surface area contributed by atoms with Crippen LogP contribution in [0.15, 0.2) is 54.6 Å². The van der Waals surface area contributed by atoms with Crippen LogP contribution in [0, 0.1) is 0 Å². The molecule has 3 N–H and O–H groups in total. The van der Waals surface area contributed by atoms with Gasteiger partial charge in [-0.2, -0.15) is 0 Å². The van der Waals surface area contributed by atoms with Gasteiger partial charge >= 0.3 is 6.03 Å². The third kappa shape index (κ3) is 6.13. The topological polar surface area (TPSA) is 85.9 Å². The van der Waals surface area contributed by atoms with Gasteiger partial charge in [0.1, 0.15) is 5.75 Å². The zero-order valence-corrected chi connectivity index (χ0v) is 18.3. The summed E-state index contributed by atoms with van der Waals surface area (Å²) in [7, 11) is 0. The van der Waals surface area contributed by atoms with Crippen LogP contribution in [0.5, 0.6) is 5.75 Å².